The van der Waals surface area contributed by atoms with Gasteiger partial charge in [-0.2, -0.15) is 0 Å². The van der Waals surface area contributed by atoms with E-state index >= 15 is 0 Å². The van der Waals surface area contributed by atoms with Crippen LogP contribution >= 0.6 is 0 Å². The summed E-state index contributed by atoms with van der Waals surface area (Å²) in [7, 11) is 1.30. The van der Waals surface area contributed by atoms with Crippen molar-refractivity contribution in [2.45, 2.75) is 39.8 Å². The first-order valence-electron chi connectivity index (χ1n) is 6.81. The molecular weight excluding hydrogens is 270 g/mol. The first-order valence-corrected chi connectivity index (χ1v) is 6.81. The molecule has 6 heteroatoms. The Hall–Kier alpha value is -2.24. The van der Waals surface area contributed by atoms with Crippen molar-refractivity contribution in [3.05, 3.63) is 23.3 Å². The van der Waals surface area contributed by atoms with Gasteiger partial charge in [0.2, 0.25) is 5.91 Å². The molecule has 0 aliphatic heterocycles. The third kappa shape index (κ3) is 4.37. The Balaban J connectivity index is 2.96. The summed E-state index contributed by atoms with van der Waals surface area (Å²) >= 11 is 0. The molecule has 0 radical (unpaired) electrons. The quantitative estimate of drug-likeness (QED) is 0.567. The van der Waals surface area contributed by atoms with E-state index in [1.54, 1.807) is 26.0 Å². The van der Waals surface area contributed by atoms with Crippen LogP contribution < -0.4 is 16.4 Å². The number of nitrogens with one attached hydrogen (secondary N) is 2. The van der Waals surface area contributed by atoms with Crippen molar-refractivity contribution >= 4 is 23.3 Å². The monoisotopic (exact) mass is 293 g/mol. The van der Waals surface area contributed by atoms with Crippen LogP contribution in [0, 0.1) is 6.92 Å². The number of ether oxygens (including phenoxy) is 1. The first kappa shape index (κ1) is 16.8. The number of methoxy groups -OCH3 is 1. The van der Waals surface area contributed by atoms with E-state index in [2.05, 4.69) is 10.6 Å². The van der Waals surface area contributed by atoms with Crippen molar-refractivity contribution in [3.8, 4) is 0 Å². The molecule has 1 amide bonds. The first-order chi connectivity index (χ1) is 9.76. The van der Waals surface area contributed by atoms with Gasteiger partial charge in [-0.1, -0.05) is 0 Å². The highest BCUT2D eigenvalue weighted by Gasteiger charge is 2.17. The predicted octanol–water partition coefficient (Wildman–Crippen LogP) is 1.69. The molecule has 4 N–H and O–H groups in total. The summed E-state index contributed by atoms with van der Waals surface area (Å²) < 4.78 is 4.71. The molecule has 1 aromatic carbocycles. The standard InChI is InChI=1S/C15H23N3O3/c1-8(2)17-14(19)10(4)18-11-6-9(3)13(16)12(7-11)15(20)21-5/h6-8,10,18H,16H2,1-5H3,(H,17,19). The van der Waals surface area contributed by atoms with Crippen LogP contribution in [0.3, 0.4) is 0 Å². The molecule has 116 valence electrons. The molecule has 0 bridgehead atoms. The molecule has 6 nitrogen and oxygen atoms in total. The van der Waals surface area contributed by atoms with Crippen molar-refractivity contribution in [2.24, 2.45) is 0 Å². The Kier molecular flexibility index (Phi) is 5.58. The Morgan fingerprint density at radius 2 is 1.86 bits per heavy atom. The number of anilines is 2. The highest BCUT2D eigenvalue weighted by molar-refractivity contribution is 5.97. The number of carbonyl (C=O) groups is 2. The second kappa shape index (κ2) is 6.97. The molecule has 1 aromatic rings. The molecule has 21 heavy (non-hydrogen) atoms. The maximum atomic E-state index is 11.9. The molecule has 0 saturated heterocycles. The summed E-state index contributed by atoms with van der Waals surface area (Å²) in [5, 5.41) is 5.88. The number of aryl methyl sites for hydroxylation is 1. The summed E-state index contributed by atoms with van der Waals surface area (Å²) in [4.78, 5) is 23.6. The summed E-state index contributed by atoms with van der Waals surface area (Å²) in [5.41, 5.74) is 7.94. The van der Waals surface area contributed by atoms with Gasteiger partial charge >= 0.3 is 5.97 Å². The summed E-state index contributed by atoms with van der Waals surface area (Å²) in [5.74, 6) is -0.613. The van der Waals surface area contributed by atoms with Crippen LogP contribution in [0.4, 0.5) is 11.4 Å². The van der Waals surface area contributed by atoms with E-state index in [4.69, 9.17) is 10.5 Å². The van der Waals surface area contributed by atoms with E-state index in [1.165, 1.54) is 7.11 Å². The van der Waals surface area contributed by atoms with E-state index in [-0.39, 0.29) is 17.5 Å². The lowest BCUT2D eigenvalue weighted by atomic mass is 10.1. The van der Waals surface area contributed by atoms with Crippen molar-refractivity contribution in [1.82, 2.24) is 5.32 Å². The largest absolute Gasteiger partial charge is 0.465 e. The van der Waals surface area contributed by atoms with E-state index in [0.29, 0.717) is 11.4 Å². The van der Waals surface area contributed by atoms with E-state index in [0.717, 1.165) is 5.56 Å². The van der Waals surface area contributed by atoms with Crippen molar-refractivity contribution in [2.75, 3.05) is 18.2 Å². The molecule has 0 spiro atoms. The van der Waals surface area contributed by atoms with Crippen LogP contribution in [0.1, 0.15) is 36.7 Å². The minimum atomic E-state index is -0.501. The number of amides is 1. The lowest BCUT2D eigenvalue weighted by Crippen LogP contribution is -2.41. The zero-order valence-electron chi connectivity index (χ0n) is 13.1. The number of hydrogen-bond donors (Lipinski definition) is 3. The maximum Gasteiger partial charge on any atom is 0.340 e. The van der Waals surface area contributed by atoms with Crippen LogP contribution in [-0.4, -0.2) is 31.1 Å². The average Bonchev–Trinajstić information content (AvgIpc) is 2.40. The van der Waals surface area contributed by atoms with E-state index in [1.807, 2.05) is 13.8 Å². The van der Waals surface area contributed by atoms with Gasteiger partial charge in [-0.25, -0.2) is 4.79 Å². The molecule has 1 atom stereocenters. The molecule has 0 saturated carbocycles. The van der Waals surface area contributed by atoms with Gasteiger partial charge in [-0.3, -0.25) is 4.79 Å². The van der Waals surface area contributed by atoms with Gasteiger partial charge in [0.1, 0.15) is 6.04 Å². The molecule has 0 heterocycles. The van der Waals surface area contributed by atoms with E-state index in [9.17, 15) is 9.59 Å². The Morgan fingerprint density at radius 1 is 1.24 bits per heavy atom. The minimum Gasteiger partial charge on any atom is -0.465 e. The van der Waals surface area contributed by atoms with Gasteiger partial charge in [-0.15, -0.1) is 0 Å². The lowest BCUT2D eigenvalue weighted by molar-refractivity contribution is -0.122. The Labute approximate surface area is 125 Å². The molecular formula is C15H23N3O3. The highest BCUT2D eigenvalue weighted by atomic mass is 16.5. The molecule has 1 unspecified atom stereocenters. The van der Waals surface area contributed by atoms with Gasteiger partial charge in [0.25, 0.3) is 0 Å². The molecule has 0 fully saturated rings. The number of nitrogen functional groups attached to an aromatic ring is 1. The van der Waals surface area contributed by atoms with Crippen LogP contribution in [0.15, 0.2) is 12.1 Å². The lowest BCUT2D eigenvalue weighted by Gasteiger charge is -2.18. The number of hydrogen-bond acceptors (Lipinski definition) is 5. The van der Waals surface area contributed by atoms with Crippen molar-refractivity contribution in [1.29, 1.82) is 0 Å². The van der Waals surface area contributed by atoms with Gasteiger partial charge < -0.3 is 21.1 Å². The number of nitrogens with two attached hydrogens (primary N) is 1. The zero-order valence-corrected chi connectivity index (χ0v) is 13.1. The number of esters is 1. The van der Waals surface area contributed by atoms with Crippen LogP contribution in [0.25, 0.3) is 0 Å². The molecule has 1 rings (SSSR count). The smallest absolute Gasteiger partial charge is 0.340 e. The number of benzene rings is 1. The van der Waals surface area contributed by atoms with Gasteiger partial charge in [-0.05, 0) is 45.4 Å². The second-order valence-electron chi connectivity index (χ2n) is 5.28. The topological polar surface area (TPSA) is 93.4 Å². The average molecular weight is 293 g/mol. The fourth-order valence-corrected chi connectivity index (χ4v) is 1.89. The maximum absolute atomic E-state index is 11.9. The zero-order chi connectivity index (χ0) is 16.2. The van der Waals surface area contributed by atoms with Crippen LogP contribution in [-0.2, 0) is 9.53 Å². The fraction of sp³-hybridized carbons (Fsp3) is 0.467. The van der Waals surface area contributed by atoms with Crippen LogP contribution in [0.2, 0.25) is 0 Å². The summed E-state index contributed by atoms with van der Waals surface area (Å²) in [6, 6.07) is 3.02. The van der Waals surface area contributed by atoms with E-state index < -0.39 is 12.0 Å². The molecule has 0 aromatic heterocycles. The van der Waals surface area contributed by atoms with Gasteiger partial charge in [0, 0.05) is 17.4 Å². The molecule has 0 aliphatic carbocycles. The fourth-order valence-electron chi connectivity index (χ4n) is 1.89. The normalized spacial score (nSPS) is 11.9. The predicted molar refractivity (Wildman–Crippen MR) is 83.3 cm³/mol. The summed E-state index contributed by atoms with van der Waals surface area (Å²) in [6.07, 6.45) is 0. The highest BCUT2D eigenvalue weighted by Crippen LogP contribution is 2.24. The number of rotatable bonds is 5. The van der Waals surface area contributed by atoms with Crippen LogP contribution in [0.5, 0.6) is 0 Å². The summed E-state index contributed by atoms with van der Waals surface area (Å²) in [6.45, 7) is 7.34. The number of carbonyl (C=O) groups excluding carboxylic acids is 2. The van der Waals surface area contributed by atoms with Gasteiger partial charge in [0.05, 0.1) is 12.7 Å². The Morgan fingerprint density at radius 3 is 2.38 bits per heavy atom. The second-order valence-corrected chi connectivity index (χ2v) is 5.28. The Bertz CT molecular complexity index is 541. The third-order valence-corrected chi connectivity index (χ3v) is 3.00. The minimum absolute atomic E-state index is 0.0699. The SMILES string of the molecule is COC(=O)c1cc(NC(C)C(=O)NC(C)C)cc(C)c1N. The van der Waals surface area contributed by atoms with Gasteiger partial charge in [0.15, 0.2) is 0 Å². The third-order valence-electron chi connectivity index (χ3n) is 3.00. The van der Waals surface area contributed by atoms with Crippen molar-refractivity contribution in [3.63, 3.8) is 0 Å². The molecule has 0 aliphatic rings. The van der Waals surface area contributed by atoms with Crippen molar-refractivity contribution < 1.29 is 14.3 Å².